The van der Waals surface area contributed by atoms with Gasteiger partial charge in [0.15, 0.2) is 0 Å². The number of halogens is 2. The van der Waals surface area contributed by atoms with Gasteiger partial charge >= 0.3 is 0 Å². The topological polar surface area (TPSA) is 89.9 Å². The number of aliphatic carboxylic acids is 1. The molecule has 1 amide bonds. The molecule has 0 radical (unpaired) electrons. The molecule has 1 saturated carbocycles. The second kappa shape index (κ2) is 11.4. The van der Waals surface area contributed by atoms with E-state index < -0.39 is 30.3 Å². The van der Waals surface area contributed by atoms with Crippen molar-refractivity contribution in [3.05, 3.63) is 93.5 Å². The van der Waals surface area contributed by atoms with Gasteiger partial charge in [-0.25, -0.2) is 0 Å². The molecule has 2 aliphatic rings. The van der Waals surface area contributed by atoms with Gasteiger partial charge in [-0.1, -0.05) is 80.4 Å². The number of amides is 1. The van der Waals surface area contributed by atoms with Gasteiger partial charge in [-0.15, -0.1) is 0 Å². The van der Waals surface area contributed by atoms with Crippen LogP contribution in [0.25, 0.3) is 0 Å². The molecule has 0 bridgehead atoms. The molecule has 3 aromatic rings. The van der Waals surface area contributed by atoms with E-state index in [4.69, 9.17) is 28.2 Å². The number of carboxylic acid groups (broad SMARTS) is 1. The lowest BCUT2D eigenvalue weighted by Gasteiger charge is -2.39. The molecule has 0 N–H and O–H groups in total. The first-order chi connectivity index (χ1) is 19.4. The summed E-state index contributed by atoms with van der Waals surface area (Å²) < 4.78 is 0. The van der Waals surface area contributed by atoms with Crippen LogP contribution in [0.2, 0.25) is 10.0 Å². The van der Waals surface area contributed by atoms with Crippen molar-refractivity contribution in [1.29, 1.82) is 0 Å². The van der Waals surface area contributed by atoms with E-state index in [1.165, 1.54) is 0 Å². The van der Waals surface area contributed by atoms with Crippen LogP contribution in [0.5, 0.6) is 0 Å². The SMILES string of the molecule is CC(C)(C)c1ccc([C@@H]2[C@@H]3C(=O)C[C@H](c4ccc(Cl)cc4)CC3=Nc3cc(Cl)ccc3N2C(=O)CCC(=O)[O-])cc1. The Morgan fingerprint density at radius 3 is 2.17 bits per heavy atom. The highest BCUT2D eigenvalue weighted by Gasteiger charge is 2.46. The number of carboxylic acids is 1. The average Bonchev–Trinajstić information content (AvgIpc) is 3.06. The number of nitrogens with zero attached hydrogens (tertiary/aromatic N) is 2. The Labute approximate surface area is 250 Å². The summed E-state index contributed by atoms with van der Waals surface area (Å²) in [6, 6.07) is 19.8. The maximum Gasteiger partial charge on any atom is 0.228 e. The van der Waals surface area contributed by atoms with Crippen molar-refractivity contribution in [3.8, 4) is 0 Å². The van der Waals surface area contributed by atoms with Gasteiger partial charge in [0.2, 0.25) is 5.91 Å². The van der Waals surface area contributed by atoms with Gasteiger partial charge in [-0.2, -0.15) is 0 Å². The Morgan fingerprint density at radius 2 is 1.54 bits per heavy atom. The predicted molar refractivity (Wildman–Crippen MR) is 160 cm³/mol. The van der Waals surface area contributed by atoms with E-state index in [1.54, 1.807) is 23.1 Å². The number of benzene rings is 3. The first-order valence-corrected chi connectivity index (χ1v) is 14.5. The van der Waals surface area contributed by atoms with Gasteiger partial charge in [0.25, 0.3) is 0 Å². The van der Waals surface area contributed by atoms with Crippen LogP contribution >= 0.6 is 23.2 Å². The van der Waals surface area contributed by atoms with Gasteiger partial charge in [-0.05, 0) is 71.2 Å². The normalized spacial score (nSPS) is 20.5. The van der Waals surface area contributed by atoms with E-state index in [-0.39, 0.29) is 30.0 Å². The molecular formula is C33H31Cl2N2O4-. The Balaban J connectivity index is 1.67. The molecule has 1 aliphatic heterocycles. The van der Waals surface area contributed by atoms with E-state index in [2.05, 4.69) is 20.8 Å². The molecule has 212 valence electrons. The molecule has 5 rings (SSSR count). The summed E-state index contributed by atoms with van der Waals surface area (Å²) in [5.74, 6) is -2.57. The van der Waals surface area contributed by atoms with Gasteiger partial charge in [0, 0.05) is 34.6 Å². The molecule has 3 aromatic carbocycles. The third-order valence-corrected chi connectivity index (χ3v) is 8.42. The van der Waals surface area contributed by atoms with Crippen LogP contribution in [0.15, 0.2) is 71.7 Å². The number of anilines is 1. The molecule has 6 nitrogen and oxygen atoms in total. The molecule has 3 atom stereocenters. The van der Waals surface area contributed by atoms with Crippen molar-refractivity contribution < 1.29 is 19.5 Å². The molecule has 1 aliphatic carbocycles. The zero-order valence-corrected chi connectivity index (χ0v) is 24.7. The lowest BCUT2D eigenvalue weighted by atomic mass is 9.71. The van der Waals surface area contributed by atoms with Crippen molar-refractivity contribution in [2.45, 2.75) is 63.8 Å². The van der Waals surface area contributed by atoms with Crippen LogP contribution in [0.1, 0.15) is 75.1 Å². The largest absolute Gasteiger partial charge is 0.550 e. The highest BCUT2D eigenvalue weighted by atomic mass is 35.5. The molecule has 0 unspecified atom stereocenters. The quantitative estimate of drug-likeness (QED) is 0.329. The second-order valence-electron chi connectivity index (χ2n) is 11.8. The maximum absolute atomic E-state index is 14.1. The highest BCUT2D eigenvalue weighted by Crippen LogP contribution is 2.48. The molecule has 0 spiro atoms. The van der Waals surface area contributed by atoms with E-state index in [1.807, 2.05) is 48.5 Å². The number of Topliss-reactive ketones (excluding diaryl/α,β-unsaturated/α-hetero) is 1. The van der Waals surface area contributed by atoms with E-state index in [0.717, 1.165) is 16.7 Å². The van der Waals surface area contributed by atoms with Gasteiger partial charge in [0.1, 0.15) is 5.78 Å². The van der Waals surface area contributed by atoms with E-state index in [9.17, 15) is 19.5 Å². The van der Waals surface area contributed by atoms with Crippen LogP contribution in [0.4, 0.5) is 11.4 Å². The first-order valence-electron chi connectivity index (χ1n) is 13.7. The lowest BCUT2D eigenvalue weighted by molar-refractivity contribution is -0.305. The Kier molecular flexibility index (Phi) is 8.09. The number of hydrogen-bond acceptors (Lipinski definition) is 5. The number of rotatable bonds is 5. The minimum atomic E-state index is -1.31. The van der Waals surface area contributed by atoms with Crippen LogP contribution in [0, 0.1) is 5.92 Å². The molecule has 1 heterocycles. The van der Waals surface area contributed by atoms with Crippen molar-refractivity contribution in [2.24, 2.45) is 10.9 Å². The summed E-state index contributed by atoms with van der Waals surface area (Å²) in [5, 5.41) is 12.4. The summed E-state index contributed by atoms with van der Waals surface area (Å²) in [6.45, 7) is 6.36. The van der Waals surface area contributed by atoms with Crippen LogP contribution in [-0.4, -0.2) is 23.4 Å². The lowest BCUT2D eigenvalue weighted by Crippen LogP contribution is -2.46. The third kappa shape index (κ3) is 6.09. The summed E-state index contributed by atoms with van der Waals surface area (Å²) in [5.41, 5.74) is 4.42. The molecule has 8 heteroatoms. The number of hydrogen-bond donors (Lipinski definition) is 0. The fraction of sp³-hybridized carbons (Fsp3) is 0.333. The molecule has 0 aromatic heterocycles. The van der Waals surface area contributed by atoms with E-state index >= 15 is 0 Å². The zero-order chi connectivity index (χ0) is 29.5. The van der Waals surface area contributed by atoms with E-state index in [0.29, 0.717) is 33.6 Å². The summed E-state index contributed by atoms with van der Waals surface area (Å²) in [7, 11) is 0. The molecule has 0 saturated heterocycles. The number of carbonyl (C=O) groups is 3. The third-order valence-electron chi connectivity index (χ3n) is 7.94. The summed E-state index contributed by atoms with van der Waals surface area (Å²) in [6.07, 6.45) is 0.0885. The second-order valence-corrected chi connectivity index (χ2v) is 12.7. The molecule has 41 heavy (non-hydrogen) atoms. The van der Waals surface area contributed by atoms with Crippen LogP contribution < -0.4 is 10.0 Å². The monoisotopic (exact) mass is 589 g/mol. The van der Waals surface area contributed by atoms with Gasteiger partial charge in [-0.3, -0.25) is 14.6 Å². The average molecular weight is 591 g/mol. The Hall–Kier alpha value is -3.48. The zero-order valence-electron chi connectivity index (χ0n) is 23.2. The van der Waals surface area contributed by atoms with Crippen LogP contribution in [0.3, 0.4) is 0 Å². The fourth-order valence-corrected chi connectivity index (χ4v) is 6.13. The first kappa shape index (κ1) is 29.0. The van der Waals surface area contributed by atoms with Gasteiger partial charge < -0.3 is 14.8 Å². The molecule has 1 fully saturated rings. The number of ketones is 1. The summed E-state index contributed by atoms with van der Waals surface area (Å²) >= 11 is 12.5. The molecular weight excluding hydrogens is 559 g/mol. The Bertz CT molecular complexity index is 1520. The minimum absolute atomic E-state index is 0.0311. The number of aliphatic imine (C=N–C) groups is 1. The maximum atomic E-state index is 14.1. The van der Waals surface area contributed by atoms with Crippen molar-refractivity contribution >= 4 is 57.9 Å². The predicted octanol–water partition coefficient (Wildman–Crippen LogP) is 6.74. The number of carbonyl (C=O) groups excluding carboxylic acids is 3. The van der Waals surface area contributed by atoms with Crippen molar-refractivity contribution in [1.82, 2.24) is 0 Å². The Morgan fingerprint density at radius 1 is 0.902 bits per heavy atom. The van der Waals surface area contributed by atoms with Crippen LogP contribution in [-0.2, 0) is 19.8 Å². The van der Waals surface area contributed by atoms with Crippen molar-refractivity contribution in [2.75, 3.05) is 4.90 Å². The standard InChI is InChI=1S/C33H32Cl2N2O4/c1-33(2,3)22-8-4-20(5-9-22)32-31-26(16-21(17-28(31)38)19-6-10-23(34)11-7-19)36-25-18-24(35)12-13-27(25)37(32)29(39)14-15-30(40)41/h4-13,18,21,31-32H,14-17H2,1-3H3,(H,40,41)/p-1/t21-,31+,32-/m1/s1. The van der Waals surface area contributed by atoms with Gasteiger partial charge in [0.05, 0.1) is 23.3 Å². The van der Waals surface area contributed by atoms with Crippen molar-refractivity contribution in [3.63, 3.8) is 0 Å². The fourth-order valence-electron chi connectivity index (χ4n) is 5.84. The number of fused-ring (bicyclic) bond motifs is 2. The minimum Gasteiger partial charge on any atom is -0.550 e. The smallest absolute Gasteiger partial charge is 0.228 e. The highest BCUT2D eigenvalue weighted by molar-refractivity contribution is 6.31. The summed E-state index contributed by atoms with van der Waals surface area (Å²) in [4.78, 5) is 45.8.